The summed E-state index contributed by atoms with van der Waals surface area (Å²) in [4.78, 5) is 51.6. The number of para-hydroxylation sites is 3. The van der Waals surface area contributed by atoms with Crippen LogP contribution in [0.5, 0.6) is 0 Å². The van der Waals surface area contributed by atoms with Crippen LogP contribution < -0.4 is 10.6 Å². The van der Waals surface area contributed by atoms with Crippen LogP contribution in [0.2, 0.25) is 0 Å². The van der Waals surface area contributed by atoms with Gasteiger partial charge in [-0.1, -0.05) is 54.6 Å². The third kappa shape index (κ3) is 5.01. The maximum absolute atomic E-state index is 13.6. The number of Topliss-reactive ketones (excluding diaryl/α,β-unsaturated/α-hetero) is 1. The smallest absolute Gasteiger partial charge is 0.272 e. The third-order valence-electron chi connectivity index (χ3n) is 6.41. The zero-order valence-electron chi connectivity index (χ0n) is 19.5. The van der Waals surface area contributed by atoms with E-state index in [0.717, 1.165) is 0 Å². The van der Waals surface area contributed by atoms with Crippen molar-refractivity contribution in [3.8, 4) is 0 Å². The first-order valence-corrected chi connectivity index (χ1v) is 11.4. The molecule has 0 aliphatic heterocycles. The number of carbonyl (C=O) groups excluding carboxylic acids is 3. The van der Waals surface area contributed by atoms with Gasteiger partial charge in [0, 0.05) is 35.3 Å². The average Bonchev–Trinajstić information content (AvgIpc) is 2.84. The lowest BCUT2D eigenvalue weighted by molar-refractivity contribution is -0.385. The fourth-order valence-corrected chi connectivity index (χ4v) is 4.88. The van der Waals surface area contributed by atoms with Gasteiger partial charge in [-0.25, -0.2) is 0 Å². The number of ketones is 1. The SMILES string of the molecule is CC1(O)CC(=O)C(C(=O)Nc2ccccc2)C(c2ccccc2[N+](=O)[O-])C1C(=O)Nc1ccccc1. The summed E-state index contributed by atoms with van der Waals surface area (Å²) in [7, 11) is 0. The Morgan fingerprint density at radius 1 is 0.889 bits per heavy atom. The van der Waals surface area contributed by atoms with Crippen LogP contribution in [0.15, 0.2) is 84.9 Å². The predicted molar refractivity (Wildman–Crippen MR) is 133 cm³/mol. The maximum atomic E-state index is 13.6. The molecule has 1 aliphatic rings. The minimum absolute atomic E-state index is 0.0252. The summed E-state index contributed by atoms with van der Waals surface area (Å²) in [6.07, 6.45) is -0.468. The van der Waals surface area contributed by atoms with Crippen LogP contribution in [0.1, 0.15) is 24.8 Å². The number of hydrogen-bond acceptors (Lipinski definition) is 6. The van der Waals surface area contributed by atoms with Crippen LogP contribution in [-0.4, -0.2) is 33.2 Å². The second-order valence-electron chi connectivity index (χ2n) is 9.01. The maximum Gasteiger partial charge on any atom is 0.272 e. The normalized spacial score (nSPS) is 23.5. The number of aliphatic hydroxyl groups is 1. The van der Waals surface area contributed by atoms with Crippen LogP contribution in [0, 0.1) is 22.0 Å². The molecular weight excluding hydrogens is 462 g/mol. The first-order chi connectivity index (χ1) is 17.2. The number of carbonyl (C=O) groups is 3. The molecule has 1 aliphatic carbocycles. The fourth-order valence-electron chi connectivity index (χ4n) is 4.88. The summed E-state index contributed by atoms with van der Waals surface area (Å²) in [5.74, 6) is -6.06. The second-order valence-corrected chi connectivity index (χ2v) is 9.01. The molecule has 9 heteroatoms. The van der Waals surface area contributed by atoms with E-state index in [0.29, 0.717) is 11.4 Å². The summed E-state index contributed by atoms with van der Waals surface area (Å²) < 4.78 is 0. The van der Waals surface area contributed by atoms with E-state index in [1.807, 2.05) is 0 Å². The van der Waals surface area contributed by atoms with Gasteiger partial charge < -0.3 is 15.7 Å². The molecule has 4 rings (SSSR count). The van der Waals surface area contributed by atoms with Gasteiger partial charge in [-0.15, -0.1) is 0 Å². The first kappa shape index (κ1) is 24.7. The van der Waals surface area contributed by atoms with Gasteiger partial charge in [0.2, 0.25) is 11.8 Å². The number of nitro benzene ring substituents is 1. The Kier molecular flexibility index (Phi) is 6.93. The number of anilines is 2. The van der Waals surface area contributed by atoms with E-state index in [1.54, 1.807) is 60.7 Å². The number of nitrogens with one attached hydrogen (secondary N) is 2. The molecule has 0 bridgehead atoms. The molecule has 1 saturated carbocycles. The van der Waals surface area contributed by atoms with Crippen molar-refractivity contribution >= 4 is 34.7 Å². The van der Waals surface area contributed by atoms with Crippen molar-refractivity contribution in [3.05, 3.63) is 101 Å². The Morgan fingerprint density at radius 3 is 1.94 bits per heavy atom. The largest absolute Gasteiger partial charge is 0.389 e. The lowest BCUT2D eigenvalue weighted by Gasteiger charge is -2.44. The van der Waals surface area contributed by atoms with Crippen LogP contribution >= 0.6 is 0 Å². The standard InChI is InChI=1S/C27H25N3O6/c1-27(34)16-21(31)23(25(32)28-17-10-4-2-5-11-17)22(19-14-8-9-15-20(19)30(35)36)24(27)26(33)29-18-12-6-3-7-13-18/h2-15,22-24,34H,16H2,1H3,(H,28,32)(H,29,33). The number of nitro groups is 1. The van der Waals surface area contributed by atoms with E-state index >= 15 is 0 Å². The van der Waals surface area contributed by atoms with Gasteiger partial charge in [-0.2, -0.15) is 0 Å². The molecule has 36 heavy (non-hydrogen) atoms. The highest BCUT2D eigenvalue weighted by Crippen LogP contribution is 2.48. The lowest BCUT2D eigenvalue weighted by atomic mass is 9.61. The predicted octanol–water partition coefficient (Wildman–Crippen LogP) is 3.91. The molecule has 0 radical (unpaired) electrons. The average molecular weight is 488 g/mol. The van der Waals surface area contributed by atoms with Gasteiger partial charge in [0.05, 0.1) is 16.4 Å². The number of rotatable bonds is 6. The number of amides is 2. The molecule has 4 unspecified atom stereocenters. The molecule has 3 aromatic carbocycles. The van der Waals surface area contributed by atoms with E-state index in [9.17, 15) is 29.6 Å². The van der Waals surface area contributed by atoms with Gasteiger partial charge in [0.25, 0.3) is 5.69 Å². The van der Waals surface area contributed by atoms with E-state index in [2.05, 4.69) is 10.6 Å². The highest BCUT2D eigenvalue weighted by atomic mass is 16.6. The molecule has 0 saturated heterocycles. The van der Waals surface area contributed by atoms with Crippen molar-refractivity contribution < 1.29 is 24.4 Å². The fraction of sp³-hybridized carbons (Fsp3) is 0.222. The van der Waals surface area contributed by atoms with Crippen LogP contribution in [-0.2, 0) is 14.4 Å². The highest BCUT2D eigenvalue weighted by molar-refractivity contribution is 6.10. The van der Waals surface area contributed by atoms with E-state index in [1.165, 1.54) is 31.2 Å². The van der Waals surface area contributed by atoms with Crippen molar-refractivity contribution in [1.29, 1.82) is 0 Å². The minimum Gasteiger partial charge on any atom is -0.389 e. The number of nitrogens with zero attached hydrogens (tertiary/aromatic N) is 1. The van der Waals surface area contributed by atoms with Crippen LogP contribution in [0.4, 0.5) is 17.1 Å². The van der Waals surface area contributed by atoms with E-state index in [-0.39, 0.29) is 11.3 Å². The Bertz CT molecular complexity index is 1290. The highest BCUT2D eigenvalue weighted by Gasteiger charge is 2.57. The molecule has 2 amide bonds. The Balaban J connectivity index is 1.84. The first-order valence-electron chi connectivity index (χ1n) is 11.4. The Morgan fingerprint density at radius 2 is 1.39 bits per heavy atom. The topological polar surface area (TPSA) is 139 Å². The number of hydrogen-bond donors (Lipinski definition) is 3. The summed E-state index contributed by atoms with van der Waals surface area (Å²) in [6, 6.07) is 22.6. The molecule has 0 heterocycles. The van der Waals surface area contributed by atoms with Crippen molar-refractivity contribution in [1.82, 2.24) is 0 Å². The van der Waals surface area contributed by atoms with Crippen LogP contribution in [0.3, 0.4) is 0 Å². The zero-order chi connectivity index (χ0) is 25.9. The quantitative estimate of drug-likeness (QED) is 0.274. The van der Waals surface area contributed by atoms with Gasteiger partial charge in [-0.05, 0) is 31.2 Å². The molecule has 0 spiro atoms. The van der Waals surface area contributed by atoms with Crippen molar-refractivity contribution in [2.75, 3.05) is 10.6 Å². The zero-order valence-corrected chi connectivity index (χ0v) is 19.5. The molecule has 4 atom stereocenters. The van der Waals surface area contributed by atoms with Gasteiger partial charge >= 0.3 is 0 Å². The van der Waals surface area contributed by atoms with Gasteiger partial charge in [-0.3, -0.25) is 24.5 Å². The third-order valence-corrected chi connectivity index (χ3v) is 6.41. The summed E-state index contributed by atoms with van der Waals surface area (Å²) >= 11 is 0. The molecule has 1 fully saturated rings. The molecule has 9 nitrogen and oxygen atoms in total. The Labute approximate surface area is 207 Å². The summed E-state index contributed by atoms with van der Waals surface area (Å²) in [6.45, 7) is 1.34. The molecule has 184 valence electrons. The molecule has 3 aromatic rings. The molecule has 0 aromatic heterocycles. The molecule has 3 N–H and O–H groups in total. The lowest BCUT2D eigenvalue weighted by Crippen LogP contribution is -2.56. The van der Waals surface area contributed by atoms with Crippen LogP contribution in [0.25, 0.3) is 0 Å². The summed E-state index contributed by atoms with van der Waals surface area (Å²) in [5.41, 5.74) is -1.31. The van der Waals surface area contributed by atoms with Crippen molar-refractivity contribution in [2.45, 2.75) is 24.9 Å². The number of benzene rings is 3. The van der Waals surface area contributed by atoms with Crippen molar-refractivity contribution in [2.24, 2.45) is 11.8 Å². The monoisotopic (exact) mass is 487 g/mol. The van der Waals surface area contributed by atoms with E-state index in [4.69, 9.17) is 0 Å². The van der Waals surface area contributed by atoms with Gasteiger partial charge in [0.15, 0.2) is 0 Å². The Hall–Kier alpha value is -4.37. The van der Waals surface area contributed by atoms with Gasteiger partial charge in [0.1, 0.15) is 11.7 Å². The van der Waals surface area contributed by atoms with Crippen molar-refractivity contribution in [3.63, 3.8) is 0 Å². The molecular formula is C27H25N3O6. The van der Waals surface area contributed by atoms with E-state index < -0.39 is 52.3 Å². The second kappa shape index (κ2) is 10.1. The minimum atomic E-state index is -1.87. The summed E-state index contributed by atoms with van der Waals surface area (Å²) in [5, 5.41) is 28.6.